The highest BCUT2D eigenvalue weighted by atomic mass is 16.3. The molecule has 0 aliphatic carbocycles. The van der Waals surface area contributed by atoms with E-state index in [1.807, 2.05) is 12.1 Å². The van der Waals surface area contributed by atoms with E-state index in [1.165, 1.54) is 21.7 Å². The molecule has 3 heterocycles. The zero-order chi connectivity index (χ0) is 31.6. The van der Waals surface area contributed by atoms with Gasteiger partial charge in [0.05, 0.1) is 16.7 Å². The average Bonchev–Trinajstić information content (AvgIpc) is 3.81. The van der Waals surface area contributed by atoms with Crippen molar-refractivity contribution in [3.63, 3.8) is 0 Å². The number of furan rings is 1. The van der Waals surface area contributed by atoms with Gasteiger partial charge < -0.3 is 9.32 Å². The van der Waals surface area contributed by atoms with Crippen LogP contribution in [0.5, 0.6) is 0 Å². The summed E-state index contributed by atoms with van der Waals surface area (Å²) in [5.74, 6) is 0. The zero-order valence-electron chi connectivity index (χ0n) is 26.0. The van der Waals surface area contributed by atoms with E-state index >= 15 is 0 Å². The van der Waals surface area contributed by atoms with Gasteiger partial charge in [-0.25, -0.2) is 0 Å². The molecule has 0 amide bonds. The van der Waals surface area contributed by atoms with Crippen LogP contribution in [-0.2, 0) is 0 Å². The molecule has 4 nitrogen and oxygen atoms in total. The standard InChI is InChI=1S/C44H29N3O/c1-4-15-30(16-5-1)45(39-25-14-23-35-34-21-11-13-26-41(34)48-43(35)39)33-27-28-37-40(29-33)47(32-19-8-3-9-20-32)44-42(37)36-22-10-12-24-38(36)46(44)31-17-6-2-7-18-31/h1-29H. The van der Waals surface area contributed by atoms with Crippen molar-refractivity contribution in [2.75, 3.05) is 4.90 Å². The molecule has 0 unspecified atom stereocenters. The summed E-state index contributed by atoms with van der Waals surface area (Å²) in [5, 5.41) is 5.90. The number of rotatable bonds is 5. The molecular formula is C44H29N3O. The Balaban J connectivity index is 1.32. The number of benzene rings is 7. The molecule has 0 aliphatic rings. The van der Waals surface area contributed by atoms with E-state index < -0.39 is 0 Å². The summed E-state index contributed by atoms with van der Waals surface area (Å²) in [6.07, 6.45) is 0. The molecule has 0 saturated heterocycles. The number of fused-ring (bicyclic) bond motifs is 8. The predicted molar refractivity (Wildman–Crippen MR) is 200 cm³/mol. The van der Waals surface area contributed by atoms with Crippen LogP contribution in [0.15, 0.2) is 180 Å². The Morgan fingerprint density at radius 2 is 1.00 bits per heavy atom. The second-order valence-corrected chi connectivity index (χ2v) is 12.2. The van der Waals surface area contributed by atoms with Gasteiger partial charge in [-0.3, -0.25) is 9.13 Å². The molecule has 0 bridgehead atoms. The van der Waals surface area contributed by atoms with E-state index in [0.717, 1.165) is 61.5 Å². The van der Waals surface area contributed by atoms with Crippen LogP contribution in [0.1, 0.15) is 0 Å². The van der Waals surface area contributed by atoms with Gasteiger partial charge >= 0.3 is 0 Å². The maximum absolute atomic E-state index is 6.59. The number of hydrogen-bond donors (Lipinski definition) is 0. The number of aromatic nitrogens is 2. The van der Waals surface area contributed by atoms with Crippen LogP contribution >= 0.6 is 0 Å². The van der Waals surface area contributed by atoms with Gasteiger partial charge in [0.15, 0.2) is 5.58 Å². The maximum Gasteiger partial charge on any atom is 0.159 e. The highest BCUT2D eigenvalue weighted by molar-refractivity contribution is 6.23. The van der Waals surface area contributed by atoms with Crippen LogP contribution in [0, 0.1) is 0 Å². The number of hydrogen-bond acceptors (Lipinski definition) is 2. The van der Waals surface area contributed by atoms with E-state index in [1.54, 1.807) is 0 Å². The fraction of sp³-hybridized carbons (Fsp3) is 0. The Bertz CT molecular complexity index is 2770. The Kier molecular flexibility index (Phi) is 5.84. The van der Waals surface area contributed by atoms with Crippen molar-refractivity contribution in [2.24, 2.45) is 0 Å². The average molecular weight is 616 g/mol. The highest BCUT2D eigenvalue weighted by Gasteiger charge is 2.24. The summed E-state index contributed by atoms with van der Waals surface area (Å²) < 4.78 is 11.4. The molecule has 3 aromatic heterocycles. The lowest BCUT2D eigenvalue weighted by Crippen LogP contribution is -2.10. The predicted octanol–water partition coefficient (Wildman–Crippen LogP) is 12.1. The van der Waals surface area contributed by atoms with Gasteiger partial charge in [0.2, 0.25) is 0 Å². The second kappa shape index (κ2) is 10.5. The van der Waals surface area contributed by atoms with Crippen molar-refractivity contribution in [3.8, 4) is 11.4 Å². The normalized spacial score (nSPS) is 11.8. The van der Waals surface area contributed by atoms with E-state index in [9.17, 15) is 0 Å². The van der Waals surface area contributed by atoms with Crippen LogP contribution < -0.4 is 4.90 Å². The lowest BCUT2D eigenvalue weighted by Gasteiger charge is -2.26. The maximum atomic E-state index is 6.59. The van der Waals surface area contributed by atoms with E-state index in [0.29, 0.717) is 0 Å². The molecule has 0 spiro atoms. The monoisotopic (exact) mass is 615 g/mol. The van der Waals surface area contributed by atoms with Gasteiger partial charge in [-0.05, 0) is 66.7 Å². The molecule has 7 aromatic carbocycles. The summed E-state index contributed by atoms with van der Waals surface area (Å²) in [4.78, 5) is 2.32. The molecule has 0 aliphatic heterocycles. The van der Waals surface area contributed by atoms with Crippen LogP contribution in [0.3, 0.4) is 0 Å². The molecule has 4 heteroatoms. The Morgan fingerprint density at radius 3 is 1.75 bits per heavy atom. The molecule has 0 atom stereocenters. The molecule has 0 N–H and O–H groups in total. The van der Waals surface area contributed by atoms with Crippen molar-refractivity contribution in [3.05, 3.63) is 176 Å². The Hall–Kier alpha value is -6.52. The first-order valence-electron chi connectivity index (χ1n) is 16.3. The molecule has 48 heavy (non-hydrogen) atoms. The summed E-state index contributed by atoms with van der Waals surface area (Å²) in [6, 6.07) is 62.3. The second-order valence-electron chi connectivity index (χ2n) is 12.2. The molecule has 10 rings (SSSR count). The van der Waals surface area contributed by atoms with Gasteiger partial charge in [-0.1, -0.05) is 109 Å². The molecule has 0 saturated carbocycles. The Morgan fingerprint density at radius 1 is 0.417 bits per heavy atom. The van der Waals surface area contributed by atoms with Gasteiger partial charge in [0, 0.05) is 49.7 Å². The van der Waals surface area contributed by atoms with E-state index in [4.69, 9.17) is 4.42 Å². The van der Waals surface area contributed by atoms with Crippen molar-refractivity contribution < 1.29 is 4.42 Å². The van der Waals surface area contributed by atoms with Crippen molar-refractivity contribution in [2.45, 2.75) is 0 Å². The minimum Gasteiger partial charge on any atom is -0.454 e. The van der Waals surface area contributed by atoms with Crippen LogP contribution in [-0.4, -0.2) is 9.13 Å². The van der Waals surface area contributed by atoms with Crippen molar-refractivity contribution in [1.29, 1.82) is 0 Å². The van der Waals surface area contributed by atoms with Gasteiger partial charge in [0.1, 0.15) is 11.2 Å². The summed E-state index contributed by atoms with van der Waals surface area (Å²) in [7, 11) is 0. The molecule has 0 radical (unpaired) electrons. The largest absolute Gasteiger partial charge is 0.454 e. The molecule has 10 aromatic rings. The summed E-state index contributed by atoms with van der Waals surface area (Å²) in [6.45, 7) is 0. The first-order chi connectivity index (χ1) is 23.8. The number of nitrogens with zero attached hydrogens (tertiary/aromatic N) is 3. The number of para-hydroxylation sites is 6. The van der Waals surface area contributed by atoms with Crippen molar-refractivity contribution >= 4 is 71.8 Å². The third-order valence-electron chi connectivity index (χ3n) is 9.48. The fourth-order valence-electron chi connectivity index (χ4n) is 7.46. The minimum atomic E-state index is 0.868. The third kappa shape index (κ3) is 3.90. The SMILES string of the molecule is c1ccc(N(c2ccc3c4c5ccccc5n(-c5ccccc5)c4n(-c4ccccc4)c3c2)c2cccc3c2oc2ccccc23)cc1. The minimum absolute atomic E-state index is 0.868. The topological polar surface area (TPSA) is 26.2 Å². The molecule has 226 valence electrons. The lowest BCUT2D eigenvalue weighted by molar-refractivity contribution is 0.669. The van der Waals surface area contributed by atoms with Gasteiger partial charge in [-0.2, -0.15) is 0 Å². The summed E-state index contributed by atoms with van der Waals surface area (Å²) >= 11 is 0. The smallest absolute Gasteiger partial charge is 0.159 e. The third-order valence-corrected chi connectivity index (χ3v) is 9.48. The van der Waals surface area contributed by atoms with Crippen LogP contribution in [0.25, 0.3) is 66.2 Å². The Labute approximate surface area is 276 Å². The van der Waals surface area contributed by atoms with Crippen molar-refractivity contribution in [1.82, 2.24) is 9.13 Å². The first-order valence-corrected chi connectivity index (χ1v) is 16.3. The zero-order valence-corrected chi connectivity index (χ0v) is 26.0. The quantitative estimate of drug-likeness (QED) is 0.193. The highest BCUT2D eigenvalue weighted by Crippen LogP contribution is 2.45. The van der Waals surface area contributed by atoms with Crippen LogP contribution in [0.2, 0.25) is 0 Å². The lowest BCUT2D eigenvalue weighted by atomic mass is 10.1. The number of anilines is 3. The van der Waals surface area contributed by atoms with Gasteiger partial charge in [-0.15, -0.1) is 0 Å². The van der Waals surface area contributed by atoms with Crippen LogP contribution in [0.4, 0.5) is 17.1 Å². The summed E-state index contributed by atoms with van der Waals surface area (Å²) in [5.41, 5.74) is 10.6. The van der Waals surface area contributed by atoms with Gasteiger partial charge in [0.25, 0.3) is 0 Å². The molecular weight excluding hydrogens is 587 g/mol. The van der Waals surface area contributed by atoms with E-state index in [-0.39, 0.29) is 0 Å². The molecule has 0 fully saturated rings. The first kappa shape index (κ1) is 26.7. The van der Waals surface area contributed by atoms with E-state index in [2.05, 4.69) is 178 Å². The fourth-order valence-corrected chi connectivity index (χ4v) is 7.46.